The van der Waals surface area contributed by atoms with Gasteiger partial charge < -0.3 is 38.3 Å². The SMILES string of the molecule is NC(=O)CCC(N)C(=O)NC(CS)C(=O)NCC(=O)NC(CCC(N)=O)C(=O)O. The number of hydrogen-bond donors (Lipinski definition) is 8. The molecule has 13 nitrogen and oxygen atoms in total. The second-order valence-electron chi connectivity index (χ2n) is 6.04. The van der Waals surface area contributed by atoms with Gasteiger partial charge in [0.2, 0.25) is 29.5 Å². The van der Waals surface area contributed by atoms with Crippen LogP contribution in [0.5, 0.6) is 0 Å². The van der Waals surface area contributed by atoms with E-state index in [4.69, 9.17) is 22.3 Å². The lowest BCUT2D eigenvalue weighted by Crippen LogP contribution is -2.54. The van der Waals surface area contributed by atoms with E-state index in [1.54, 1.807) is 0 Å². The van der Waals surface area contributed by atoms with Crippen LogP contribution in [-0.4, -0.2) is 71.0 Å². The van der Waals surface area contributed by atoms with E-state index in [2.05, 4.69) is 28.6 Å². The normalized spacial score (nSPS) is 13.4. The van der Waals surface area contributed by atoms with Gasteiger partial charge in [0, 0.05) is 18.6 Å². The quantitative estimate of drug-likeness (QED) is 0.125. The average molecular weight is 434 g/mol. The molecule has 0 aliphatic carbocycles. The maximum atomic E-state index is 12.1. The first kappa shape index (κ1) is 26.1. The summed E-state index contributed by atoms with van der Waals surface area (Å²) in [6, 6.07) is -3.54. The number of carboxylic acids is 1. The third-order valence-electron chi connectivity index (χ3n) is 3.59. The van der Waals surface area contributed by atoms with Crippen molar-refractivity contribution in [3.8, 4) is 0 Å². The van der Waals surface area contributed by atoms with E-state index in [9.17, 15) is 28.8 Å². The number of aliphatic carboxylic acids is 1. The molecular formula is C15H26N6O7S. The zero-order valence-corrected chi connectivity index (χ0v) is 16.4. The van der Waals surface area contributed by atoms with E-state index in [0.29, 0.717) is 0 Å². The molecule has 0 aliphatic heterocycles. The van der Waals surface area contributed by atoms with Crippen LogP contribution >= 0.6 is 12.6 Å². The van der Waals surface area contributed by atoms with Crippen LogP contribution in [0, 0.1) is 0 Å². The zero-order chi connectivity index (χ0) is 22.6. The molecule has 0 aliphatic rings. The molecule has 0 saturated carbocycles. The summed E-state index contributed by atoms with van der Waals surface area (Å²) < 4.78 is 0. The molecule has 14 heteroatoms. The molecule has 0 radical (unpaired) electrons. The zero-order valence-electron chi connectivity index (χ0n) is 15.6. The fraction of sp³-hybridized carbons (Fsp3) is 0.600. The van der Waals surface area contributed by atoms with E-state index >= 15 is 0 Å². The second kappa shape index (κ2) is 13.3. The first-order valence-corrected chi connectivity index (χ1v) is 9.14. The molecule has 0 heterocycles. The van der Waals surface area contributed by atoms with E-state index in [-0.39, 0.29) is 31.4 Å². The molecule has 10 N–H and O–H groups in total. The van der Waals surface area contributed by atoms with Crippen LogP contribution in [0.1, 0.15) is 25.7 Å². The van der Waals surface area contributed by atoms with Crippen molar-refractivity contribution in [1.82, 2.24) is 16.0 Å². The van der Waals surface area contributed by atoms with E-state index in [1.165, 1.54) is 0 Å². The molecule has 164 valence electrons. The fourth-order valence-electron chi connectivity index (χ4n) is 1.98. The number of carboxylic acid groups (broad SMARTS) is 1. The van der Waals surface area contributed by atoms with Gasteiger partial charge in [-0.3, -0.25) is 24.0 Å². The molecule has 3 unspecified atom stereocenters. The smallest absolute Gasteiger partial charge is 0.326 e. The Kier molecular flexibility index (Phi) is 12.0. The molecule has 0 aromatic heterocycles. The second-order valence-corrected chi connectivity index (χ2v) is 6.40. The van der Waals surface area contributed by atoms with Crippen LogP contribution in [0.3, 0.4) is 0 Å². The standard InChI is InChI=1S/C15H26N6O7S/c16-7(1-3-10(17)22)13(25)21-9(6-29)14(26)19-5-12(24)20-8(15(27)28)2-4-11(18)23/h7-9,29H,1-6,16H2,(H2,17,22)(H2,18,23)(H,19,26)(H,20,24)(H,21,25)(H,27,28). The van der Waals surface area contributed by atoms with Crippen molar-refractivity contribution in [2.75, 3.05) is 12.3 Å². The van der Waals surface area contributed by atoms with Crippen molar-refractivity contribution in [2.45, 2.75) is 43.8 Å². The number of carbonyl (C=O) groups excluding carboxylic acids is 5. The minimum Gasteiger partial charge on any atom is -0.480 e. The number of amides is 5. The number of hydrogen-bond acceptors (Lipinski definition) is 8. The van der Waals surface area contributed by atoms with Crippen LogP contribution in [-0.2, 0) is 28.8 Å². The summed E-state index contributed by atoms with van der Waals surface area (Å²) in [4.78, 5) is 68.4. The van der Waals surface area contributed by atoms with Crippen LogP contribution < -0.4 is 33.2 Å². The molecule has 0 saturated heterocycles. The number of rotatable bonds is 14. The van der Waals surface area contributed by atoms with Crippen LogP contribution in [0.4, 0.5) is 0 Å². The van der Waals surface area contributed by atoms with Gasteiger partial charge >= 0.3 is 5.97 Å². The summed E-state index contributed by atoms with van der Waals surface area (Å²) in [5.74, 6) is -5.11. The Morgan fingerprint density at radius 1 is 0.862 bits per heavy atom. The number of nitrogens with one attached hydrogen (secondary N) is 3. The predicted octanol–water partition coefficient (Wildman–Crippen LogP) is -4.06. The van der Waals surface area contributed by atoms with Gasteiger partial charge in [0.1, 0.15) is 12.1 Å². The summed E-state index contributed by atoms with van der Waals surface area (Å²) in [5, 5.41) is 15.7. The van der Waals surface area contributed by atoms with Gasteiger partial charge in [-0.1, -0.05) is 0 Å². The summed E-state index contributed by atoms with van der Waals surface area (Å²) in [5.41, 5.74) is 15.5. The van der Waals surface area contributed by atoms with Crippen molar-refractivity contribution in [2.24, 2.45) is 17.2 Å². The van der Waals surface area contributed by atoms with Gasteiger partial charge in [0.05, 0.1) is 12.6 Å². The molecule has 0 bridgehead atoms. The topological polar surface area (TPSA) is 237 Å². The Morgan fingerprint density at radius 3 is 1.90 bits per heavy atom. The highest BCUT2D eigenvalue weighted by atomic mass is 32.1. The van der Waals surface area contributed by atoms with Gasteiger partial charge in [-0.05, 0) is 12.8 Å². The van der Waals surface area contributed by atoms with Crippen LogP contribution in [0.25, 0.3) is 0 Å². The summed E-state index contributed by atoms with van der Waals surface area (Å²) in [6.45, 7) is -0.576. The Labute approximate surface area is 171 Å². The molecule has 5 amide bonds. The Balaban J connectivity index is 4.57. The number of primary amides is 2. The highest BCUT2D eigenvalue weighted by Gasteiger charge is 2.24. The molecule has 0 spiro atoms. The summed E-state index contributed by atoms with van der Waals surface area (Å²) >= 11 is 3.94. The third kappa shape index (κ3) is 11.5. The minimum atomic E-state index is -1.36. The maximum Gasteiger partial charge on any atom is 0.326 e. The van der Waals surface area contributed by atoms with Gasteiger partial charge in [0.15, 0.2) is 0 Å². The lowest BCUT2D eigenvalue weighted by atomic mass is 10.1. The van der Waals surface area contributed by atoms with Gasteiger partial charge in [0.25, 0.3) is 0 Å². The number of thiol groups is 1. The molecule has 0 fully saturated rings. The van der Waals surface area contributed by atoms with E-state index in [0.717, 1.165) is 0 Å². The third-order valence-corrected chi connectivity index (χ3v) is 3.96. The maximum absolute atomic E-state index is 12.1. The van der Waals surface area contributed by atoms with Crippen LogP contribution in [0.2, 0.25) is 0 Å². The van der Waals surface area contributed by atoms with E-state index < -0.39 is 60.2 Å². The Morgan fingerprint density at radius 2 is 1.41 bits per heavy atom. The molecule has 0 aromatic carbocycles. The Hall–Kier alpha value is -2.87. The first-order valence-electron chi connectivity index (χ1n) is 8.51. The molecule has 29 heavy (non-hydrogen) atoms. The summed E-state index contributed by atoms with van der Waals surface area (Å²) in [7, 11) is 0. The lowest BCUT2D eigenvalue weighted by molar-refractivity contribution is -0.142. The predicted molar refractivity (Wildman–Crippen MR) is 103 cm³/mol. The number of nitrogens with two attached hydrogens (primary N) is 3. The molecule has 3 atom stereocenters. The average Bonchev–Trinajstić information content (AvgIpc) is 2.64. The van der Waals surface area contributed by atoms with Gasteiger partial charge in [-0.2, -0.15) is 12.6 Å². The molecule has 0 rings (SSSR count). The molecule has 0 aromatic rings. The number of carbonyl (C=O) groups is 6. The van der Waals surface area contributed by atoms with Crippen molar-refractivity contribution in [1.29, 1.82) is 0 Å². The van der Waals surface area contributed by atoms with Gasteiger partial charge in [-0.15, -0.1) is 0 Å². The highest BCUT2D eigenvalue weighted by molar-refractivity contribution is 7.80. The van der Waals surface area contributed by atoms with Crippen molar-refractivity contribution in [3.63, 3.8) is 0 Å². The monoisotopic (exact) mass is 434 g/mol. The fourth-order valence-corrected chi connectivity index (χ4v) is 2.24. The van der Waals surface area contributed by atoms with Crippen LogP contribution in [0.15, 0.2) is 0 Å². The van der Waals surface area contributed by atoms with Crippen molar-refractivity contribution >= 4 is 48.1 Å². The molecular weight excluding hydrogens is 408 g/mol. The minimum absolute atomic E-state index is 0.00758. The van der Waals surface area contributed by atoms with Gasteiger partial charge in [-0.25, -0.2) is 4.79 Å². The van der Waals surface area contributed by atoms with Crippen molar-refractivity contribution in [3.05, 3.63) is 0 Å². The first-order chi connectivity index (χ1) is 13.5. The van der Waals surface area contributed by atoms with Crippen molar-refractivity contribution < 1.29 is 33.9 Å². The Bertz CT molecular complexity index is 645. The highest BCUT2D eigenvalue weighted by Crippen LogP contribution is 1.98. The lowest BCUT2D eigenvalue weighted by Gasteiger charge is -2.19. The summed E-state index contributed by atoms with van der Waals surface area (Å²) in [6.07, 6.45) is -0.560. The van der Waals surface area contributed by atoms with E-state index in [1.807, 2.05) is 0 Å². The largest absolute Gasteiger partial charge is 0.480 e.